The van der Waals surface area contributed by atoms with Crippen molar-refractivity contribution in [3.8, 4) is 0 Å². The van der Waals surface area contributed by atoms with Crippen LogP contribution < -0.4 is 5.73 Å². The van der Waals surface area contributed by atoms with Gasteiger partial charge in [0.2, 0.25) is 5.69 Å². The Balaban J connectivity index is 0. The smallest absolute Gasteiger partial charge is 0.241 e. The van der Waals surface area contributed by atoms with Crippen molar-refractivity contribution < 1.29 is 9.42 Å². The van der Waals surface area contributed by atoms with Crippen molar-refractivity contribution in [2.75, 3.05) is 6.54 Å². The van der Waals surface area contributed by atoms with Gasteiger partial charge in [0.15, 0.2) is 0 Å². The number of hydrogen-bond donors (Lipinski definition) is 3. The first-order chi connectivity index (χ1) is 14.4. The fourth-order valence-corrected chi connectivity index (χ4v) is 4.85. The molecule has 3 nitrogen and oxygen atoms in total. The molecular weight excluding hydrogens is 429 g/mol. The van der Waals surface area contributed by atoms with E-state index in [-0.39, 0.29) is 6.10 Å². The van der Waals surface area contributed by atoms with E-state index in [0.29, 0.717) is 0 Å². The zero-order valence-corrected chi connectivity index (χ0v) is 23.1. The molecule has 0 aromatic carbocycles. The highest BCUT2D eigenvalue weighted by Crippen LogP contribution is 2.49. The van der Waals surface area contributed by atoms with E-state index < -0.39 is 5.69 Å². The Hall–Kier alpha value is 0.880. The number of unbranched alkanes of at least 4 members (excludes halogenated alkanes) is 14. The van der Waals surface area contributed by atoms with Crippen LogP contribution in [0.15, 0.2) is 0 Å². The summed E-state index contributed by atoms with van der Waals surface area (Å²) in [5.41, 5.74) is 2.63. The third kappa shape index (κ3) is 31.1. The molecule has 0 aliphatic carbocycles. The fourth-order valence-electron chi connectivity index (χ4n) is 3.48. The second-order valence-electron chi connectivity index (χ2n) is 8.53. The first-order valence-electron chi connectivity index (χ1n) is 12.8. The Morgan fingerprint density at radius 2 is 1.07 bits per heavy atom. The molecule has 0 aliphatic heterocycles. The minimum Gasteiger partial charge on any atom is -0.338 e. The van der Waals surface area contributed by atoms with Crippen molar-refractivity contribution in [1.82, 2.24) is 0 Å². The molecule has 0 saturated heterocycles. The summed E-state index contributed by atoms with van der Waals surface area (Å²) in [5, 5.41) is 0. The predicted octanol–water partition coefficient (Wildman–Crippen LogP) is 8.93. The summed E-state index contributed by atoms with van der Waals surface area (Å²) in [5.74, 6) is 0. The van der Waals surface area contributed by atoms with Crippen LogP contribution in [0.25, 0.3) is 0 Å². The molecule has 0 bridgehead atoms. The quantitative estimate of drug-likeness (QED) is 0.0866. The van der Waals surface area contributed by atoms with Crippen LogP contribution in [0.3, 0.4) is 0 Å². The van der Waals surface area contributed by atoms with Crippen LogP contribution in [-0.2, 0) is 16.3 Å². The van der Waals surface area contributed by atoms with Gasteiger partial charge in [-0.25, -0.2) is 0 Å². The van der Waals surface area contributed by atoms with Gasteiger partial charge in [-0.1, -0.05) is 136 Å². The maximum Gasteiger partial charge on any atom is 0.241 e. The molecule has 0 spiro atoms. The van der Waals surface area contributed by atoms with Crippen molar-refractivity contribution in [3.63, 3.8) is 0 Å². The van der Waals surface area contributed by atoms with Gasteiger partial charge in [0, 0.05) is 0 Å². The van der Waals surface area contributed by atoms with Gasteiger partial charge < -0.3 is 15.2 Å². The van der Waals surface area contributed by atoms with Crippen molar-refractivity contribution in [2.24, 2.45) is 5.73 Å². The summed E-state index contributed by atoms with van der Waals surface area (Å²) in [6.07, 6.45) is 24.6. The Morgan fingerprint density at radius 3 is 1.47 bits per heavy atom. The highest BCUT2D eigenvalue weighted by molar-refractivity contribution is 8.59. The SMILES string of the molecule is CCCCCCCC(CCCC)OP(O)(=S)S.CCCCCCCCCCCCN. The van der Waals surface area contributed by atoms with Crippen LogP contribution >= 0.6 is 17.9 Å². The minimum atomic E-state index is -2.80. The van der Waals surface area contributed by atoms with Crippen LogP contribution in [0.2, 0.25) is 0 Å². The van der Waals surface area contributed by atoms with Gasteiger partial charge in [-0.05, 0) is 37.6 Å². The second kappa shape index (κ2) is 26.1. The highest BCUT2D eigenvalue weighted by Gasteiger charge is 2.16. The lowest BCUT2D eigenvalue weighted by molar-refractivity contribution is 0.180. The highest BCUT2D eigenvalue weighted by atomic mass is 32.9. The second-order valence-corrected chi connectivity index (χ2v) is 13.6. The first-order valence-corrected chi connectivity index (χ1v) is 16.7. The molecule has 0 heterocycles. The molecular formula is C24H54NO2PS2. The summed E-state index contributed by atoms with van der Waals surface area (Å²) in [7, 11) is 0. The van der Waals surface area contributed by atoms with Crippen LogP contribution in [0, 0.1) is 0 Å². The van der Waals surface area contributed by atoms with E-state index in [4.69, 9.17) is 22.1 Å². The number of nitrogens with two attached hydrogens (primary N) is 1. The Kier molecular flexibility index (Phi) is 28.8. The van der Waals surface area contributed by atoms with E-state index in [1.54, 1.807) is 0 Å². The lowest BCUT2D eigenvalue weighted by Gasteiger charge is -2.20. The molecule has 2 atom stereocenters. The van der Waals surface area contributed by atoms with Gasteiger partial charge in [0.25, 0.3) is 0 Å². The Morgan fingerprint density at radius 1 is 0.700 bits per heavy atom. The zero-order valence-electron chi connectivity index (χ0n) is 20.5. The fraction of sp³-hybridized carbons (Fsp3) is 1.00. The molecule has 184 valence electrons. The van der Waals surface area contributed by atoms with Crippen LogP contribution in [0.1, 0.15) is 143 Å². The minimum absolute atomic E-state index is 0.102. The van der Waals surface area contributed by atoms with Gasteiger partial charge in [0.1, 0.15) is 0 Å². The summed E-state index contributed by atoms with van der Waals surface area (Å²) in [4.78, 5) is 9.50. The summed E-state index contributed by atoms with van der Waals surface area (Å²) in [6, 6.07) is 0. The van der Waals surface area contributed by atoms with Gasteiger partial charge in [-0.3, -0.25) is 0 Å². The van der Waals surface area contributed by atoms with E-state index in [0.717, 1.165) is 38.6 Å². The van der Waals surface area contributed by atoms with Gasteiger partial charge in [-0.2, -0.15) is 0 Å². The van der Waals surface area contributed by atoms with Gasteiger partial charge in [-0.15, -0.1) is 0 Å². The third-order valence-corrected chi connectivity index (χ3v) is 6.47. The van der Waals surface area contributed by atoms with Crippen molar-refractivity contribution in [2.45, 2.75) is 149 Å². The molecule has 3 N–H and O–H groups in total. The van der Waals surface area contributed by atoms with E-state index >= 15 is 0 Å². The lowest BCUT2D eigenvalue weighted by Crippen LogP contribution is -2.10. The van der Waals surface area contributed by atoms with Crippen LogP contribution in [-0.4, -0.2) is 17.5 Å². The molecule has 0 aliphatic rings. The van der Waals surface area contributed by atoms with Gasteiger partial charge in [0.05, 0.1) is 6.10 Å². The van der Waals surface area contributed by atoms with E-state index in [1.807, 2.05) is 0 Å². The standard InChI is InChI=1S/C12H27N.C12H27O2PS2/c1-2-3-4-5-6-7-8-9-10-11-12-13;1-3-5-7-8-9-11-12(10-6-4-2)14-15(13,16)17/h2-13H2,1H3;12H,3-11H2,1-2H3,(H2,13,16,17). The van der Waals surface area contributed by atoms with Crippen LogP contribution in [0.5, 0.6) is 0 Å². The molecule has 0 fully saturated rings. The maximum atomic E-state index is 9.50. The average Bonchev–Trinajstić information content (AvgIpc) is 2.70. The monoisotopic (exact) mass is 483 g/mol. The average molecular weight is 484 g/mol. The molecule has 0 aromatic heterocycles. The zero-order chi connectivity index (χ0) is 22.9. The molecule has 30 heavy (non-hydrogen) atoms. The van der Waals surface area contributed by atoms with E-state index in [1.165, 1.54) is 89.9 Å². The Bertz CT molecular complexity index is 357. The molecule has 0 aromatic rings. The third-order valence-electron chi connectivity index (χ3n) is 5.35. The maximum absolute atomic E-state index is 9.50. The molecule has 6 heteroatoms. The first kappa shape index (κ1) is 33.1. The predicted molar refractivity (Wildman–Crippen MR) is 144 cm³/mol. The number of hydrogen-bond acceptors (Lipinski definition) is 3. The molecule has 0 rings (SSSR count). The van der Waals surface area contributed by atoms with Gasteiger partial charge >= 0.3 is 0 Å². The number of thiol groups is 1. The van der Waals surface area contributed by atoms with E-state index in [2.05, 4.69) is 33.0 Å². The topological polar surface area (TPSA) is 55.5 Å². The summed E-state index contributed by atoms with van der Waals surface area (Å²) >= 11 is 8.79. The molecule has 2 unspecified atom stereocenters. The molecule has 0 saturated carbocycles. The van der Waals surface area contributed by atoms with Crippen LogP contribution in [0.4, 0.5) is 0 Å². The normalized spacial score (nSPS) is 14.1. The van der Waals surface area contributed by atoms with Crippen molar-refractivity contribution >= 4 is 29.7 Å². The van der Waals surface area contributed by atoms with Crippen molar-refractivity contribution in [1.29, 1.82) is 0 Å². The Labute approximate surface area is 200 Å². The summed E-state index contributed by atoms with van der Waals surface area (Å²) < 4.78 is 5.49. The number of rotatable bonds is 21. The molecule has 0 radical (unpaired) electrons. The van der Waals surface area contributed by atoms with Crippen molar-refractivity contribution in [3.05, 3.63) is 0 Å². The molecule has 0 amide bonds. The van der Waals surface area contributed by atoms with E-state index in [9.17, 15) is 4.89 Å². The summed E-state index contributed by atoms with van der Waals surface area (Å²) in [6.45, 7) is 7.52. The largest absolute Gasteiger partial charge is 0.338 e. The lowest BCUT2D eigenvalue weighted by atomic mass is 10.0.